The van der Waals surface area contributed by atoms with Crippen LogP contribution in [0.2, 0.25) is 0 Å². The minimum absolute atomic E-state index is 0.146. The highest BCUT2D eigenvalue weighted by Gasteiger charge is 2.43. The summed E-state index contributed by atoms with van der Waals surface area (Å²) in [5, 5.41) is 3.31. The van der Waals surface area contributed by atoms with Crippen molar-refractivity contribution in [3.63, 3.8) is 0 Å². The third-order valence-corrected chi connectivity index (χ3v) is 4.50. The molecule has 0 aromatic heterocycles. The average Bonchev–Trinajstić information content (AvgIpc) is 2.44. The minimum Gasteiger partial charge on any atom is -0.487 e. The highest BCUT2D eigenvalue weighted by Crippen LogP contribution is 2.34. The molecule has 21 heavy (non-hydrogen) atoms. The molecule has 3 nitrogen and oxygen atoms in total. The van der Waals surface area contributed by atoms with Crippen LogP contribution >= 0.6 is 15.9 Å². The molecule has 0 bridgehead atoms. The Morgan fingerprint density at radius 2 is 2.14 bits per heavy atom. The van der Waals surface area contributed by atoms with E-state index in [4.69, 9.17) is 9.47 Å². The largest absolute Gasteiger partial charge is 0.487 e. The van der Waals surface area contributed by atoms with Crippen molar-refractivity contribution in [2.24, 2.45) is 0 Å². The summed E-state index contributed by atoms with van der Waals surface area (Å²) < 4.78 is 13.3. The molecule has 0 radical (unpaired) electrons. The van der Waals surface area contributed by atoms with E-state index >= 15 is 0 Å². The molecule has 0 saturated heterocycles. The van der Waals surface area contributed by atoms with Gasteiger partial charge in [-0.25, -0.2) is 0 Å². The van der Waals surface area contributed by atoms with Crippen molar-refractivity contribution in [2.45, 2.75) is 57.8 Å². The van der Waals surface area contributed by atoms with Gasteiger partial charge >= 0.3 is 0 Å². The molecule has 4 heteroatoms. The fourth-order valence-electron chi connectivity index (χ4n) is 2.70. The Kier molecular flexibility index (Phi) is 6.08. The minimum atomic E-state index is 0.146. The number of halogens is 1. The highest BCUT2D eigenvalue weighted by molar-refractivity contribution is 9.10. The molecule has 0 aliphatic heterocycles. The maximum absolute atomic E-state index is 6.25. The summed E-state index contributed by atoms with van der Waals surface area (Å²) in [7, 11) is 1.99. The fourth-order valence-corrected chi connectivity index (χ4v) is 3.08. The lowest BCUT2D eigenvalue weighted by Crippen LogP contribution is -2.60. The van der Waals surface area contributed by atoms with E-state index in [9.17, 15) is 0 Å². The van der Waals surface area contributed by atoms with Crippen LogP contribution in [0.4, 0.5) is 0 Å². The van der Waals surface area contributed by atoms with Crippen molar-refractivity contribution in [3.8, 4) is 5.75 Å². The molecule has 2 rings (SSSR count). The maximum atomic E-state index is 6.25. The summed E-state index contributed by atoms with van der Waals surface area (Å²) in [4.78, 5) is 0. The van der Waals surface area contributed by atoms with Crippen LogP contribution in [-0.4, -0.2) is 31.9 Å². The molecule has 0 amide bonds. The second-order valence-electron chi connectivity index (χ2n) is 5.96. The standard InChI is InChI=1S/C17H26BrNO2/c1-5-8-20-17-14(19-4)10-16(17)21-15-7-6-12(18)9-13(15)11(2)3/h6-7,9,11,14,16-17,19H,5,8,10H2,1-4H3. The van der Waals surface area contributed by atoms with Gasteiger partial charge in [-0.05, 0) is 43.1 Å². The van der Waals surface area contributed by atoms with Crippen LogP contribution in [-0.2, 0) is 4.74 Å². The van der Waals surface area contributed by atoms with Crippen molar-refractivity contribution in [2.75, 3.05) is 13.7 Å². The molecular weight excluding hydrogens is 330 g/mol. The van der Waals surface area contributed by atoms with Gasteiger partial charge in [-0.15, -0.1) is 0 Å². The number of hydrogen-bond donors (Lipinski definition) is 1. The molecule has 1 N–H and O–H groups in total. The number of rotatable bonds is 7. The summed E-state index contributed by atoms with van der Waals surface area (Å²) in [6, 6.07) is 6.65. The fraction of sp³-hybridized carbons (Fsp3) is 0.647. The van der Waals surface area contributed by atoms with Gasteiger partial charge in [-0.2, -0.15) is 0 Å². The summed E-state index contributed by atoms with van der Waals surface area (Å²) in [6.45, 7) is 7.31. The van der Waals surface area contributed by atoms with Gasteiger partial charge in [0.15, 0.2) is 0 Å². The monoisotopic (exact) mass is 355 g/mol. The normalized spacial score (nSPS) is 25.0. The summed E-state index contributed by atoms with van der Waals surface area (Å²) in [5.74, 6) is 1.42. The van der Waals surface area contributed by atoms with Crippen molar-refractivity contribution >= 4 is 15.9 Å². The van der Waals surface area contributed by atoms with Crippen molar-refractivity contribution in [1.82, 2.24) is 5.32 Å². The van der Waals surface area contributed by atoms with Crippen molar-refractivity contribution in [3.05, 3.63) is 28.2 Å². The van der Waals surface area contributed by atoms with E-state index in [0.29, 0.717) is 12.0 Å². The van der Waals surface area contributed by atoms with Gasteiger partial charge in [-0.1, -0.05) is 36.7 Å². The first kappa shape index (κ1) is 16.8. The third kappa shape index (κ3) is 3.99. The summed E-state index contributed by atoms with van der Waals surface area (Å²) in [5.41, 5.74) is 1.24. The predicted octanol–water partition coefficient (Wildman–Crippen LogP) is 4.11. The number of nitrogens with one attached hydrogen (secondary N) is 1. The zero-order valence-corrected chi connectivity index (χ0v) is 14.9. The SMILES string of the molecule is CCCOC1C(NC)CC1Oc1ccc(Br)cc1C(C)C. The van der Waals surface area contributed by atoms with Gasteiger partial charge in [0.25, 0.3) is 0 Å². The lowest BCUT2D eigenvalue weighted by molar-refractivity contribution is -0.106. The summed E-state index contributed by atoms with van der Waals surface area (Å²) >= 11 is 3.54. The van der Waals surface area contributed by atoms with Gasteiger partial charge in [0, 0.05) is 23.5 Å². The third-order valence-electron chi connectivity index (χ3n) is 4.01. The van der Waals surface area contributed by atoms with Gasteiger partial charge in [-0.3, -0.25) is 0 Å². The second kappa shape index (κ2) is 7.61. The van der Waals surface area contributed by atoms with Crippen LogP contribution in [0.15, 0.2) is 22.7 Å². The lowest BCUT2D eigenvalue weighted by atomic mass is 9.85. The van der Waals surface area contributed by atoms with Crippen molar-refractivity contribution in [1.29, 1.82) is 0 Å². The first-order valence-electron chi connectivity index (χ1n) is 7.81. The van der Waals surface area contributed by atoms with Gasteiger partial charge in [0.1, 0.15) is 18.0 Å². The Labute approximate surface area is 136 Å². The van der Waals surface area contributed by atoms with E-state index in [1.54, 1.807) is 0 Å². The van der Waals surface area contributed by atoms with E-state index in [1.165, 1.54) is 5.56 Å². The quantitative estimate of drug-likeness (QED) is 0.798. The lowest BCUT2D eigenvalue weighted by Gasteiger charge is -2.44. The molecule has 1 saturated carbocycles. The molecule has 0 heterocycles. The Bertz CT molecular complexity index is 464. The van der Waals surface area contributed by atoms with Crippen LogP contribution < -0.4 is 10.1 Å². The Morgan fingerprint density at radius 1 is 1.38 bits per heavy atom. The number of hydrogen-bond acceptors (Lipinski definition) is 3. The molecule has 3 unspecified atom stereocenters. The van der Waals surface area contributed by atoms with Crippen LogP contribution in [0, 0.1) is 0 Å². The number of ether oxygens (including phenoxy) is 2. The van der Waals surface area contributed by atoms with Crippen LogP contribution in [0.25, 0.3) is 0 Å². The second-order valence-corrected chi connectivity index (χ2v) is 6.88. The maximum Gasteiger partial charge on any atom is 0.128 e. The van der Waals surface area contributed by atoms with Crippen LogP contribution in [0.5, 0.6) is 5.75 Å². The topological polar surface area (TPSA) is 30.5 Å². The Hall–Kier alpha value is -0.580. The van der Waals surface area contributed by atoms with E-state index in [0.717, 1.165) is 29.7 Å². The molecule has 1 fully saturated rings. The van der Waals surface area contributed by atoms with E-state index in [1.807, 2.05) is 13.1 Å². The van der Waals surface area contributed by atoms with E-state index < -0.39 is 0 Å². The molecule has 3 atom stereocenters. The predicted molar refractivity (Wildman–Crippen MR) is 90.1 cm³/mol. The van der Waals surface area contributed by atoms with Gasteiger partial charge in [0.2, 0.25) is 0 Å². The number of likely N-dealkylation sites (N-methyl/N-ethyl adjacent to an activating group) is 1. The van der Waals surface area contributed by atoms with Crippen molar-refractivity contribution < 1.29 is 9.47 Å². The molecule has 1 aromatic carbocycles. The van der Waals surface area contributed by atoms with Crippen LogP contribution in [0.3, 0.4) is 0 Å². The number of benzene rings is 1. The zero-order valence-electron chi connectivity index (χ0n) is 13.4. The summed E-state index contributed by atoms with van der Waals surface area (Å²) in [6.07, 6.45) is 2.33. The Balaban J connectivity index is 2.07. The zero-order chi connectivity index (χ0) is 15.4. The molecule has 0 spiro atoms. The first-order valence-corrected chi connectivity index (χ1v) is 8.61. The highest BCUT2D eigenvalue weighted by atomic mass is 79.9. The smallest absolute Gasteiger partial charge is 0.128 e. The Morgan fingerprint density at radius 3 is 2.76 bits per heavy atom. The first-order chi connectivity index (χ1) is 10.1. The van der Waals surface area contributed by atoms with E-state index in [2.05, 4.69) is 54.2 Å². The van der Waals surface area contributed by atoms with E-state index in [-0.39, 0.29) is 12.2 Å². The van der Waals surface area contributed by atoms with Gasteiger partial charge in [0.05, 0.1) is 0 Å². The molecule has 1 aliphatic carbocycles. The molecule has 1 aromatic rings. The molecule has 1 aliphatic rings. The molecular formula is C17H26BrNO2. The average molecular weight is 356 g/mol. The van der Waals surface area contributed by atoms with Crippen LogP contribution in [0.1, 0.15) is 45.1 Å². The van der Waals surface area contributed by atoms with Gasteiger partial charge < -0.3 is 14.8 Å². The molecule has 118 valence electrons.